The van der Waals surface area contributed by atoms with E-state index >= 15 is 0 Å². The molecule has 1 N–H and O–H groups in total. The molecule has 9 heteroatoms. The highest BCUT2D eigenvalue weighted by molar-refractivity contribution is 6.25. The van der Waals surface area contributed by atoms with Crippen LogP contribution in [-0.4, -0.2) is 46.9 Å². The van der Waals surface area contributed by atoms with Crippen LogP contribution in [-0.2, 0) is 14.4 Å². The SMILES string of the molecule is O=C(CN1N=N[C@H]2C(=O)N(c3cccc(F)c3)C(=O)[C@@H]21)NC12CC3CC(CC(C3)C1)C2. The highest BCUT2D eigenvalue weighted by Crippen LogP contribution is 2.55. The van der Waals surface area contributed by atoms with Crippen molar-refractivity contribution in [2.45, 2.75) is 56.1 Å². The Morgan fingerprint density at radius 2 is 1.77 bits per heavy atom. The van der Waals surface area contributed by atoms with Crippen LogP contribution >= 0.6 is 0 Å². The summed E-state index contributed by atoms with van der Waals surface area (Å²) in [7, 11) is 0. The molecule has 4 aliphatic carbocycles. The Morgan fingerprint density at radius 1 is 1.10 bits per heavy atom. The zero-order chi connectivity index (χ0) is 21.3. The lowest BCUT2D eigenvalue weighted by atomic mass is 9.53. The number of nitrogens with one attached hydrogen (secondary N) is 1. The molecule has 6 aliphatic rings. The van der Waals surface area contributed by atoms with Crippen molar-refractivity contribution in [1.82, 2.24) is 10.3 Å². The summed E-state index contributed by atoms with van der Waals surface area (Å²) in [6.07, 6.45) is 6.94. The first-order chi connectivity index (χ1) is 14.9. The van der Waals surface area contributed by atoms with Crippen molar-refractivity contribution in [1.29, 1.82) is 0 Å². The summed E-state index contributed by atoms with van der Waals surface area (Å²) in [5.41, 5.74) is 0.0307. The molecule has 2 aliphatic heterocycles. The number of rotatable bonds is 4. The monoisotopic (exact) mass is 425 g/mol. The third-order valence-corrected chi connectivity index (χ3v) is 7.67. The van der Waals surface area contributed by atoms with Gasteiger partial charge in [-0.3, -0.25) is 19.4 Å². The number of carbonyl (C=O) groups is 3. The molecule has 0 unspecified atom stereocenters. The quantitative estimate of drug-likeness (QED) is 0.749. The van der Waals surface area contributed by atoms with Crippen LogP contribution in [0.5, 0.6) is 0 Å². The average molecular weight is 425 g/mol. The Labute approximate surface area is 178 Å². The number of anilines is 1. The maximum Gasteiger partial charge on any atom is 0.263 e. The molecule has 162 valence electrons. The molecule has 1 aromatic rings. The number of carbonyl (C=O) groups excluding carboxylic acids is 3. The Balaban J connectivity index is 1.16. The number of nitrogens with zero attached hydrogens (tertiary/aromatic N) is 4. The molecule has 0 spiro atoms. The lowest BCUT2D eigenvalue weighted by Crippen LogP contribution is -2.61. The van der Waals surface area contributed by atoms with Crippen molar-refractivity contribution in [3.8, 4) is 0 Å². The summed E-state index contributed by atoms with van der Waals surface area (Å²) in [6.45, 7) is -0.123. The van der Waals surface area contributed by atoms with Crippen molar-refractivity contribution in [3.05, 3.63) is 30.1 Å². The predicted molar refractivity (Wildman–Crippen MR) is 107 cm³/mol. The zero-order valence-corrected chi connectivity index (χ0v) is 17.0. The molecule has 0 radical (unpaired) electrons. The molecule has 31 heavy (non-hydrogen) atoms. The molecule has 3 amide bonds. The Kier molecular flexibility index (Phi) is 4.01. The number of benzene rings is 1. The molecule has 0 aromatic heterocycles. The predicted octanol–water partition coefficient (Wildman–Crippen LogP) is 2.20. The first kappa shape index (κ1) is 18.9. The number of hydrogen-bond donors (Lipinski definition) is 1. The van der Waals surface area contributed by atoms with Gasteiger partial charge < -0.3 is 5.32 Å². The summed E-state index contributed by atoms with van der Waals surface area (Å²) in [5, 5.41) is 12.5. The first-order valence-corrected chi connectivity index (χ1v) is 11.0. The van der Waals surface area contributed by atoms with Crippen molar-refractivity contribution in [2.75, 3.05) is 11.4 Å². The minimum atomic E-state index is -0.997. The molecule has 8 nitrogen and oxygen atoms in total. The minimum Gasteiger partial charge on any atom is -0.349 e. The highest BCUT2D eigenvalue weighted by Gasteiger charge is 2.56. The summed E-state index contributed by atoms with van der Waals surface area (Å²) in [4.78, 5) is 39.6. The maximum absolute atomic E-state index is 13.6. The molecule has 2 heterocycles. The van der Waals surface area contributed by atoms with Crippen LogP contribution in [0.25, 0.3) is 0 Å². The fraction of sp³-hybridized carbons (Fsp3) is 0.591. The van der Waals surface area contributed by atoms with Gasteiger partial charge in [0, 0.05) is 5.54 Å². The number of amides is 3. The molecule has 1 saturated heterocycles. The molecule has 7 rings (SSSR count). The molecule has 2 atom stereocenters. The fourth-order valence-electron chi connectivity index (χ4n) is 6.97. The van der Waals surface area contributed by atoms with Crippen LogP contribution in [0.3, 0.4) is 0 Å². The minimum absolute atomic E-state index is 0.123. The third-order valence-electron chi connectivity index (χ3n) is 7.67. The van der Waals surface area contributed by atoms with E-state index in [4.69, 9.17) is 0 Å². The van der Waals surface area contributed by atoms with Crippen LogP contribution < -0.4 is 10.2 Å². The van der Waals surface area contributed by atoms with Gasteiger partial charge in [-0.15, -0.1) is 0 Å². The van der Waals surface area contributed by atoms with Crippen molar-refractivity contribution < 1.29 is 18.8 Å². The third kappa shape index (κ3) is 2.96. The van der Waals surface area contributed by atoms with E-state index in [1.807, 2.05) is 0 Å². The molecule has 1 aromatic carbocycles. The second-order valence-corrected chi connectivity index (χ2v) is 9.93. The topological polar surface area (TPSA) is 94.4 Å². The van der Waals surface area contributed by atoms with Crippen molar-refractivity contribution in [2.24, 2.45) is 28.1 Å². The van der Waals surface area contributed by atoms with Gasteiger partial charge in [0.1, 0.15) is 12.4 Å². The zero-order valence-electron chi connectivity index (χ0n) is 17.0. The van der Waals surface area contributed by atoms with Gasteiger partial charge in [-0.2, -0.15) is 5.11 Å². The number of hydrogen-bond acceptors (Lipinski definition) is 6. The van der Waals surface area contributed by atoms with Gasteiger partial charge in [0.2, 0.25) is 5.91 Å². The van der Waals surface area contributed by atoms with Gasteiger partial charge in [-0.05, 0) is 74.5 Å². The highest BCUT2D eigenvalue weighted by atomic mass is 19.1. The van der Waals surface area contributed by atoms with Crippen LogP contribution in [0.2, 0.25) is 0 Å². The van der Waals surface area contributed by atoms with Crippen molar-refractivity contribution >= 4 is 23.4 Å². The summed E-state index contributed by atoms with van der Waals surface area (Å²) in [5.74, 6) is 0.305. The number of fused-ring (bicyclic) bond motifs is 1. The van der Waals surface area contributed by atoms with E-state index in [0.717, 1.165) is 30.2 Å². The average Bonchev–Trinajstić information content (AvgIpc) is 3.20. The van der Waals surface area contributed by atoms with E-state index in [2.05, 4.69) is 15.7 Å². The normalized spacial score (nSPS) is 37.6. The van der Waals surface area contributed by atoms with Crippen molar-refractivity contribution in [3.63, 3.8) is 0 Å². The van der Waals surface area contributed by atoms with Crippen LogP contribution in [0.4, 0.5) is 10.1 Å². The largest absolute Gasteiger partial charge is 0.349 e. The Hall–Kier alpha value is -2.84. The lowest BCUT2D eigenvalue weighted by Gasteiger charge is -2.57. The molecule has 5 fully saturated rings. The second-order valence-electron chi connectivity index (χ2n) is 9.93. The molecule has 4 bridgehead atoms. The Bertz CT molecular complexity index is 975. The van der Waals surface area contributed by atoms with E-state index in [1.54, 1.807) is 0 Å². The molecular formula is C22H24FN5O3. The second kappa shape index (κ2) is 6.58. The lowest BCUT2D eigenvalue weighted by molar-refractivity contribution is -0.129. The van der Waals surface area contributed by atoms with E-state index < -0.39 is 29.7 Å². The fourth-order valence-corrected chi connectivity index (χ4v) is 6.97. The first-order valence-electron chi connectivity index (χ1n) is 11.0. The summed E-state index contributed by atoms with van der Waals surface area (Å²) >= 11 is 0. The van der Waals surface area contributed by atoms with E-state index in [9.17, 15) is 18.8 Å². The maximum atomic E-state index is 13.6. The summed E-state index contributed by atoms with van der Waals surface area (Å²) < 4.78 is 13.6. The smallest absolute Gasteiger partial charge is 0.263 e. The van der Waals surface area contributed by atoms with Gasteiger partial charge in [-0.1, -0.05) is 11.3 Å². The van der Waals surface area contributed by atoms with E-state index in [-0.39, 0.29) is 23.7 Å². The van der Waals surface area contributed by atoms with Gasteiger partial charge in [0.05, 0.1) is 5.69 Å². The van der Waals surface area contributed by atoms with Crippen LogP contribution in [0, 0.1) is 23.6 Å². The van der Waals surface area contributed by atoms with E-state index in [1.165, 1.54) is 42.5 Å². The van der Waals surface area contributed by atoms with Gasteiger partial charge in [0.25, 0.3) is 11.8 Å². The summed E-state index contributed by atoms with van der Waals surface area (Å²) in [6, 6.07) is 3.37. The van der Waals surface area contributed by atoms with Gasteiger partial charge in [0.15, 0.2) is 12.1 Å². The van der Waals surface area contributed by atoms with Gasteiger partial charge in [-0.25, -0.2) is 9.29 Å². The number of imide groups is 1. The molecular weight excluding hydrogens is 401 g/mol. The molecule has 4 saturated carbocycles. The van der Waals surface area contributed by atoms with E-state index in [0.29, 0.717) is 17.8 Å². The standard InChI is InChI=1S/C22H24FN5O3/c23-15-2-1-3-16(7-15)28-20(30)18-19(21(28)31)27(26-25-18)11-17(29)24-22-8-12-4-13(9-22)6-14(5-12)10-22/h1-3,7,12-14,18-19H,4-6,8-11H2,(H,24,29)/t12?,13?,14?,18-,19-,22?/m1/s1. The Morgan fingerprint density at radius 3 is 2.42 bits per heavy atom. The van der Waals surface area contributed by atoms with Crippen LogP contribution in [0.1, 0.15) is 38.5 Å². The van der Waals surface area contributed by atoms with Crippen LogP contribution in [0.15, 0.2) is 34.6 Å². The number of halogens is 1. The van der Waals surface area contributed by atoms with Gasteiger partial charge >= 0.3 is 0 Å².